The predicted molar refractivity (Wildman–Crippen MR) is 43.1 cm³/mol. The van der Waals surface area contributed by atoms with Crippen molar-refractivity contribution < 1.29 is 5.21 Å². The van der Waals surface area contributed by atoms with Crippen molar-refractivity contribution in [2.45, 2.75) is 52.6 Å². The van der Waals surface area contributed by atoms with Crippen LogP contribution in [-0.4, -0.2) is 21.9 Å². The van der Waals surface area contributed by atoms with Crippen LogP contribution in [0.5, 0.6) is 0 Å². The molecular weight excluding hydrogens is 126 g/mol. The molecule has 0 rings (SSSR count). The standard InChI is InChI=1S/C8H19NO/c1-6-7(2)9(10)8(3,4)5/h7,10H,6H2,1-5H3. The van der Waals surface area contributed by atoms with Crippen molar-refractivity contribution in [1.82, 2.24) is 5.06 Å². The van der Waals surface area contributed by atoms with Gasteiger partial charge in [-0.15, -0.1) is 0 Å². The molecule has 10 heavy (non-hydrogen) atoms. The third-order valence-corrected chi connectivity index (χ3v) is 1.70. The highest BCUT2D eigenvalue weighted by molar-refractivity contribution is 4.72. The lowest BCUT2D eigenvalue weighted by Crippen LogP contribution is -2.44. The summed E-state index contributed by atoms with van der Waals surface area (Å²) in [5.74, 6) is 0. The molecule has 0 fully saturated rings. The highest BCUT2D eigenvalue weighted by atomic mass is 16.5. The quantitative estimate of drug-likeness (QED) is 0.602. The fourth-order valence-corrected chi connectivity index (χ4v) is 0.834. The topological polar surface area (TPSA) is 23.5 Å². The van der Waals surface area contributed by atoms with E-state index in [1.165, 1.54) is 5.06 Å². The average Bonchev–Trinajstić information content (AvgIpc) is 1.83. The molecule has 1 atom stereocenters. The third kappa shape index (κ3) is 2.67. The van der Waals surface area contributed by atoms with Gasteiger partial charge in [0.25, 0.3) is 0 Å². The summed E-state index contributed by atoms with van der Waals surface area (Å²) in [7, 11) is 0. The number of hydroxylamine groups is 2. The summed E-state index contributed by atoms with van der Waals surface area (Å²) in [4.78, 5) is 0. The molecule has 0 spiro atoms. The Kier molecular flexibility index (Phi) is 3.33. The van der Waals surface area contributed by atoms with Crippen molar-refractivity contribution in [1.29, 1.82) is 0 Å². The van der Waals surface area contributed by atoms with Crippen LogP contribution in [0.2, 0.25) is 0 Å². The Bertz CT molecular complexity index is 95.9. The molecule has 0 saturated heterocycles. The summed E-state index contributed by atoms with van der Waals surface area (Å²) in [5, 5.41) is 10.9. The van der Waals surface area contributed by atoms with Crippen molar-refractivity contribution in [2.75, 3.05) is 0 Å². The van der Waals surface area contributed by atoms with E-state index < -0.39 is 0 Å². The largest absolute Gasteiger partial charge is 0.313 e. The van der Waals surface area contributed by atoms with Crippen LogP contribution < -0.4 is 0 Å². The monoisotopic (exact) mass is 145 g/mol. The SMILES string of the molecule is CCC(C)N(O)C(C)(C)C. The van der Waals surface area contributed by atoms with Crippen LogP contribution >= 0.6 is 0 Å². The molecule has 0 bridgehead atoms. The molecule has 1 unspecified atom stereocenters. The molecule has 0 radical (unpaired) electrons. The molecule has 0 saturated carbocycles. The molecule has 0 aliphatic carbocycles. The smallest absolute Gasteiger partial charge is 0.0379 e. The number of hydrogen-bond acceptors (Lipinski definition) is 2. The molecule has 0 aliphatic rings. The van der Waals surface area contributed by atoms with Crippen LogP contribution in [0.25, 0.3) is 0 Å². The number of nitrogens with zero attached hydrogens (tertiary/aromatic N) is 1. The van der Waals surface area contributed by atoms with Crippen molar-refractivity contribution in [2.24, 2.45) is 0 Å². The maximum absolute atomic E-state index is 9.49. The number of hydrogen-bond donors (Lipinski definition) is 1. The molecule has 0 aromatic carbocycles. The van der Waals surface area contributed by atoms with Gasteiger partial charge in [0.15, 0.2) is 0 Å². The van der Waals surface area contributed by atoms with E-state index >= 15 is 0 Å². The van der Waals surface area contributed by atoms with Gasteiger partial charge in [0.2, 0.25) is 0 Å². The fraction of sp³-hybridized carbons (Fsp3) is 1.00. The Morgan fingerprint density at radius 1 is 1.40 bits per heavy atom. The van der Waals surface area contributed by atoms with Gasteiger partial charge in [-0.1, -0.05) is 6.92 Å². The Hall–Kier alpha value is -0.0800. The fourth-order valence-electron chi connectivity index (χ4n) is 0.834. The van der Waals surface area contributed by atoms with Crippen molar-refractivity contribution in [3.63, 3.8) is 0 Å². The minimum absolute atomic E-state index is 0.130. The molecule has 62 valence electrons. The van der Waals surface area contributed by atoms with Gasteiger partial charge in [0.05, 0.1) is 0 Å². The first kappa shape index (κ1) is 9.92. The maximum Gasteiger partial charge on any atom is 0.0379 e. The lowest BCUT2D eigenvalue weighted by atomic mass is 10.1. The summed E-state index contributed by atoms with van der Waals surface area (Å²) in [6, 6.07) is 0.250. The highest BCUT2D eigenvalue weighted by Gasteiger charge is 2.22. The van der Waals surface area contributed by atoms with Gasteiger partial charge in [0.1, 0.15) is 0 Å². The van der Waals surface area contributed by atoms with Gasteiger partial charge in [-0.3, -0.25) is 0 Å². The molecule has 1 N–H and O–H groups in total. The van der Waals surface area contributed by atoms with E-state index in [-0.39, 0.29) is 11.6 Å². The summed E-state index contributed by atoms with van der Waals surface area (Å²) >= 11 is 0. The zero-order chi connectivity index (χ0) is 8.36. The minimum atomic E-state index is -0.130. The van der Waals surface area contributed by atoms with E-state index in [2.05, 4.69) is 6.92 Å². The Labute approximate surface area is 63.8 Å². The lowest BCUT2D eigenvalue weighted by molar-refractivity contribution is -0.183. The molecular formula is C8H19NO. The van der Waals surface area contributed by atoms with Gasteiger partial charge in [-0.2, -0.15) is 5.06 Å². The Morgan fingerprint density at radius 3 is 1.90 bits per heavy atom. The van der Waals surface area contributed by atoms with Crippen molar-refractivity contribution in [3.05, 3.63) is 0 Å². The molecule has 0 aliphatic heterocycles. The first-order valence-corrected chi connectivity index (χ1v) is 3.87. The van der Waals surface area contributed by atoms with Gasteiger partial charge < -0.3 is 5.21 Å². The van der Waals surface area contributed by atoms with Crippen LogP contribution in [0.1, 0.15) is 41.0 Å². The van der Waals surface area contributed by atoms with Gasteiger partial charge >= 0.3 is 0 Å². The van der Waals surface area contributed by atoms with E-state index in [9.17, 15) is 5.21 Å². The molecule has 0 aromatic rings. The number of rotatable bonds is 2. The maximum atomic E-state index is 9.49. The molecule has 0 amide bonds. The van der Waals surface area contributed by atoms with Crippen LogP contribution in [0, 0.1) is 0 Å². The summed E-state index contributed by atoms with van der Waals surface area (Å²) < 4.78 is 0. The second kappa shape index (κ2) is 3.35. The van der Waals surface area contributed by atoms with E-state index in [1.807, 2.05) is 27.7 Å². The minimum Gasteiger partial charge on any atom is -0.313 e. The van der Waals surface area contributed by atoms with Crippen LogP contribution in [0.15, 0.2) is 0 Å². The van der Waals surface area contributed by atoms with Crippen molar-refractivity contribution >= 4 is 0 Å². The van der Waals surface area contributed by atoms with Gasteiger partial charge in [-0.25, -0.2) is 0 Å². The Balaban J connectivity index is 3.94. The van der Waals surface area contributed by atoms with E-state index in [0.717, 1.165) is 6.42 Å². The third-order valence-electron chi connectivity index (χ3n) is 1.70. The van der Waals surface area contributed by atoms with Gasteiger partial charge in [0, 0.05) is 11.6 Å². The molecule has 0 heterocycles. The lowest BCUT2D eigenvalue weighted by Gasteiger charge is -2.33. The first-order valence-electron chi connectivity index (χ1n) is 3.87. The van der Waals surface area contributed by atoms with Crippen LogP contribution in [-0.2, 0) is 0 Å². The van der Waals surface area contributed by atoms with E-state index in [0.29, 0.717) is 0 Å². The van der Waals surface area contributed by atoms with E-state index in [4.69, 9.17) is 0 Å². The predicted octanol–water partition coefficient (Wildman–Crippen LogP) is 2.27. The Morgan fingerprint density at radius 2 is 1.80 bits per heavy atom. The van der Waals surface area contributed by atoms with Crippen LogP contribution in [0.4, 0.5) is 0 Å². The second-order valence-corrected chi connectivity index (χ2v) is 3.77. The summed E-state index contributed by atoms with van der Waals surface area (Å²) in [6.45, 7) is 10.1. The zero-order valence-corrected chi connectivity index (χ0v) is 7.68. The molecule has 2 heteroatoms. The van der Waals surface area contributed by atoms with E-state index in [1.54, 1.807) is 0 Å². The average molecular weight is 145 g/mol. The highest BCUT2D eigenvalue weighted by Crippen LogP contribution is 2.14. The summed E-state index contributed by atoms with van der Waals surface area (Å²) in [5.41, 5.74) is -0.130. The molecule has 0 aromatic heterocycles. The second-order valence-electron chi connectivity index (χ2n) is 3.77. The van der Waals surface area contributed by atoms with Crippen molar-refractivity contribution in [3.8, 4) is 0 Å². The van der Waals surface area contributed by atoms with Crippen LogP contribution in [0.3, 0.4) is 0 Å². The zero-order valence-electron chi connectivity index (χ0n) is 7.68. The summed E-state index contributed by atoms with van der Waals surface area (Å²) in [6.07, 6.45) is 0.980. The van der Waals surface area contributed by atoms with Gasteiger partial charge in [-0.05, 0) is 34.1 Å². The first-order chi connectivity index (χ1) is 4.39. The molecule has 2 nitrogen and oxygen atoms in total. The normalized spacial score (nSPS) is 15.9.